The van der Waals surface area contributed by atoms with Crippen LogP contribution in [0.2, 0.25) is 0 Å². The van der Waals surface area contributed by atoms with E-state index in [-0.39, 0.29) is 12.6 Å². The molecule has 164 valence electrons. The fraction of sp³-hybridized carbons (Fsp3) is 0.417. The van der Waals surface area contributed by atoms with Gasteiger partial charge in [0.25, 0.3) is 0 Å². The third-order valence-corrected chi connectivity index (χ3v) is 7.87. The van der Waals surface area contributed by atoms with E-state index in [0.29, 0.717) is 22.5 Å². The zero-order chi connectivity index (χ0) is 22.0. The van der Waals surface area contributed by atoms with E-state index < -0.39 is 10.0 Å². The van der Waals surface area contributed by atoms with Crippen molar-refractivity contribution in [2.45, 2.75) is 69.9 Å². The van der Waals surface area contributed by atoms with Gasteiger partial charge in [0.15, 0.2) is 0 Å². The number of benzene rings is 2. The highest BCUT2D eigenvalue weighted by Crippen LogP contribution is 2.31. The lowest BCUT2D eigenvalue weighted by atomic mass is 10.0. The molecule has 0 spiro atoms. The predicted octanol–water partition coefficient (Wildman–Crippen LogP) is 5.30. The Kier molecular flexibility index (Phi) is 6.25. The van der Waals surface area contributed by atoms with Crippen molar-refractivity contribution in [2.24, 2.45) is 0 Å². The maximum atomic E-state index is 13.6. The molecular weight excluding hydrogens is 410 g/mol. The second-order valence-corrected chi connectivity index (χ2v) is 10.5. The van der Waals surface area contributed by atoms with E-state index >= 15 is 0 Å². The van der Waals surface area contributed by atoms with Crippen molar-refractivity contribution in [3.63, 3.8) is 0 Å². The van der Waals surface area contributed by atoms with E-state index in [9.17, 15) is 8.42 Å². The third kappa shape index (κ3) is 4.72. The number of aryl methyl sites for hydroxylation is 1. The summed E-state index contributed by atoms with van der Waals surface area (Å²) in [6.07, 6.45) is 3.76. The van der Waals surface area contributed by atoms with Gasteiger partial charge in [0.05, 0.1) is 11.4 Å². The molecule has 0 unspecified atom stereocenters. The topological polar surface area (TPSA) is 76.3 Å². The molecule has 7 heteroatoms. The molecule has 1 fully saturated rings. The van der Waals surface area contributed by atoms with Crippen molar-refractivity contribution in [1.29, 1.82) is 0 Å². The SMILES string of the molecule is Cc1ccc(-c2noc(CN(C3CCCC3)S(=O)(=O)c3ccc(C(C)C)cc3)n2)cc1. The molecule has 6 nitrogen and oxygen atoms in total. The lowest BCUT2D eigenvalue weighted by Gasteiger charge is -2.26. The molecule has 0 N–H and O–H groups in total. The largest absolute Gasteiger partial charge is 0.338 e. The summed E-state index contributed by atoms with van der Waals surface area (Å²) >= 11 is 0. The molecule has 0 radical (unpaired) electrons. The minimum Gasteiger partial charge on any atom is -0.338 e. The third-order valence-electron chi connectivity index (χ3n) is 5.95. The minimum absolute atomic E-state index is 0.0514. The van der Waals surface area contributed by atoms with Crippen LogP contribution in [-0.2, 0) is 16.6 Å². The normalized spacial score (nSPS) is 15.3. The van der Waals surface area contributed by atoms with Crippen molar-refractivity contribution in [1.82, 2.24) is 14.4 Å². The smallest absolute Gasteiger partial charge is 0.243 e. The summed E-state index contributed by atoms with van der Waals surface area (Å²) in [7, 11) is -3.68. The van der Waals surface area contributed by atoms with Crippen LogP contribution in [0.1, 0.15) is 62.5 Å². The Balaban J connectivity index is 1.62. The molecule has 2 aromatic carbocycles. The van der Waals surface area contributed by atoms with Crippen LogP contribution >= 0.6 is 0 Å². The molecular formula is C24H29N3O3S. The molecule has 1 heterocycles. The van der Waals surface area contributed by atoms with Gasteiger partial charge in [-0.2, -0.15) is 9.29 Å². The van der Waals surface area contributed by atoms with Crippen LogP contribution in [0.3, 0.4) is 0 Å². The average Bonchev–Trinajstić information content (AvgIpc) is 3.45. The first-order valence-corrected chi connectivity index (χ1v) is 12.3. The molecule has 0 aliphatic heterocycles. The minimum atomic E-state index is -3.68. The first kappa shape index (κ1) is 21.7. The highest BCUT2D eigenvalue weighted by atomic mass is 32.2. The second-order valence-electron chi connectivity index (χ2n) is 8.59. The molecule has 1 saturated carbocycles. The Morgan fingerprint density at radius 1 is 1.03 bits per heavy atom. The van der Waals surface area contributed by atoms with Crippen LogP contribution in [0.4, 0.5) is 0 Å². The molecule has 0 amide bonds. The van der Waals surface area contributed by atoms with Crippen LogP contribution in [0.15, 0.2) is 57.9 Å². The molecule has 1 aliphatic carbocycles. The molecule has 3 aromatic rings. The molecule has 31 heavy (non-hydrogen) atoms. The van der Waals surface area contributed by atoms with Crippen LogP contribution < -0.4 is 0 Å². The van der Waals surface area contributed by atoms with Gasteiger partial charge in [0, 0.05) is 11.6 Å². The van der Waals surface area contributed by atoms with Crippen molar-refractivity contribution in [3.05, 3.63) is 65.5 Å². The molecule has 4 rings (SSSR count). The summed E-state index contributed by atoms with van der Waals surface area (Å²) < 4.78 is 34.1. The van der Waals surface area contributed by atoms with E-state index in [1.165, 1.54) is 0 Å². The Hall–Kier alpha value is -2.51. The number of aromatic nitrogens is 2. The summed E-state index contributed by atoms with van der Waals surface area (Å²) in [6.45, 7) is 6.28. The Labute approximate surface area is 184 Å². The van der Waals surface area contributed by atoms with E-state index in [4.69, 9.17) is 4.52 Å². The highest BCUT2D eigenvalue weighted by Gasteiger charge is 2.34. The second kappa shape index (κ2) is 8.93. The molecule has 1 aliphatic rings. The standard InChI is InChI=1S/C24H29N3O3S/c1-17(2)19-12-14-22(15-13-19)31(28,29)27(21-6-4-5-7-21)16-23-25-24(26-30-23)20-10-8-18(3)9-11-20/h8-15,17,21H,4-7,16H2,1-3H3. The average molecular weight is 440 g/mol. The van der Waals surface area contributed by atoms with Crippen molar-refractivity contribution in [3.8, 4) is 11.4 Å². The van der Waals surface area contributed by atoms with Crippen LogP contribution in [-0.4, -0.2) is 28.9 Å². The Morgan fingerprint density at radius 3 is 2.29 bits per heavy atom. The van der Waals surface area contributed by atoms with Crippen molar-refractivity contribution < 1.29 is 12.9 Å². The number of hydrogen-bond donors (Lipinski definition) is 0. The van der Waals surface area contributed by atoms with Gasteiger partial charge in [-0.25, -0.2) is 8.42 Å². The Morgan fingerprint density at radius 2 is 1.68 bits per heavy atom. The van der Waals surface area contributed by atoms with Gasteiger partial charge in [0.1, 0.15) is 0 Å². The molecule has 0 saturated heterocycles. The van der Waals surface area contributed by atoms with Crippen LogP contribution in [0.25, 0.3) is 11.4 Å². The van der Waals surface area contributed by atoms with Gasteiger partial charge in [-0.05, 0) is 43.4 Å². The predicted molar refractivity (Wildman–Crippen MR) is 120 cm³/mol. The van der Waals surface area contributed by atoms with Crippen molar-refractivity contribution in [2.75, 3.05) is 0 Å². The van der Waals surface area contributed by atoms with Gasteiger partial charge >= 0.3 is 0 Å². The van der Waals surface area contributed by atoms with Crippen molar-refractivity contribution >= 4 is 10.0 Å². The molecule has 0 atom stereocenters. The maximum absolute atomic E-state index is 13.6. The fourth-order valence-electron chi connectivity index (χ4n) is 4.03. The van der Waals surface area contributed by atoms with E-state index in [1.54, 1.807) is 16.4 Å². The van der Waals surface area contributed by atoms with Gasteiger partial charge in [-0.1, -0.05) is 73.8 Å². The van der Waals surface area contributed by atoms with Gasteiger partial charge in [-0.3, -0.25) is 0 Å². The number of sulfonamides is 1. The van der Waals surface area contributed by atoms with Gasteiger partial charge < -0.3 is 4.52 Å². The summed E-state index contributed by atoms with van der Waals surface area (Å²) in [5.74, 6) is 1.13. The summed E-state index contributed by atoms with van der Waals surface area (Å²) in [6, 6.07) is 15.0. The van der Waals surface area contributed by atoms with E-state index in [1.807, 2.05) is 43.3 Å². The monoisotopic (exact) mass is 439 g/mol. The summed E-state index contributed by atoms with van der Waals surface area (Å²) in [5, 5.41) is 4.07. The van der Waals surface area contributed by atoms with Crippen LogP contribution in [0, 0.1) is 6.92 Å². The zero-order valence-electron chi connectivity index (χ0n) is 18.3. The highest BCUT2D eigenvalue weighted by molar-refractivity contribution is 7.89. The first-order chi connectivity index (χ1) is 14.8. The number of rotatable bonds is 7. The van der Waals surface area contributed by atoms with Crippen LogP contribution in [0.5, 0.6) is 0 Å². The number of nitrogens with zero attached hydrogens (tertiary/aromatic N) is 3. The first-order valence-electron chi connectivity index (χ1n) is 10.9. The zero-order valence-corrected chi connectivity index (χ0v) is 19.1. The lowest BCUT2D eigenvalue weighted by molar-refractivity contribution is 0.268. The summed E-state index contributed by atoms with van der Waals surface area (Å²) in [4.78, 5) is 4.79. The Bertz CT molecular complexity index is 1110. The fourth-order valence-corrected chi connectivity index (χ4v) is 5.67. The molecule has 0 bridgehead atoms. The van der Waals surface area contributed by atoms with E-state index in [2.05, 4.69) is 24.0 Å². The van der Waals surface area contributed by atoms with E-state index in [0.717, 1.165) is 42.4 Å². The quantitative estimate of drug-likeness (QED) is 0.499. The summed E-state index contributed by atoms with van der Waals surface area (Å²) in [5.41, 5.74) is 3.11. The lowest BCUT2D eigenvalue weighted by Crippen LogP contribution is -2.38. The molecule has 1 aromatic heterocycles. The maximum Gasteiger partial charge on any atom is 0.243 e. The number of hydrogen-bond acceptors (Lipinski definition) is 5. The van der Waals surface area contributed by atoms with Gasteiger partial charge in [-0.15, -0.1) is 0 Å². The van der Waals surface area contributed by atoms with Gasteiger partial charge in [0.2, 0.25) is 21.7 Å².